The van der Waals surface area contributed by atoms with Crippen LogP contribution in [0.5, 0.6) is 0 Å². The minimum atomic E-state index is -1.62. The van der Waals surface area contributed by atoms with E-state index in [4.69, 9.17) is 10.3 Å². The number of hydrogen-bond acceptors (Lipinski definition) is 5. The maximum atomic E-state index is 12.5. The van der Waals surface area contributed by atoms with Crippen LogP contribution in [0.15, 0.2) is 40.3 Å². The van der Waals surface area contributed by atoms with Gasteiger partial charge in [-0.25, -0.2) is 0 Å². The van der Waals surface area contributed by atoms with Gasteiger partial charge in [0.1, 0.15) is 17.6 Å². The number of azide groups is 1. The molecule has 1 aromatic rings. The van der Waals surface area contributed by atoms with Gasteiger partial charge < -0.3 is 14.9 Å². The number of rotatable bonds is 3. The monoisotopic (exact) mass is 297 g/mol. The van der Waals surface area contributed by atoms with Gasteiger partial charge in [-0.2, -0.15) is 0 Å². The molecule has 108 valence electrons. The van der Waals surface area contributed by atoms with E-state index in [1.807, 2.05) is 0 Å². The number of aliphatic hydroxyl groups excluding tert-OH is 2. The number of hydrogen-bond donors (Lipinski definition) is 2. The first-order valence-electron chi connectivity index (χ1n) is 6.07. The fraction of sp³-hybridized carbons (Fsp3) is 0.500. The zero-order chi connectivity index (χ0) is 14.7. The lowest BCUT2D eigenvalue weighted by atomic mass is 9.99. The van der Waals surface area contributed by atoms with Crippen molar-refractivity contribution in [2.45, 2.75) is 41.6 Å². The maximum Gasteiger partial charge on any atom is 0.148 e. The van der Waals surface area contributed by atoms with E-state index in [-0.39, 0.29) is 0 Å². The van der Waals surface area contributed by atoms with Gasteiger partial charge in [0, 0.05) is 9.81 Å². The first-order chi connectivity index (χ1) is 9.56. The van der Waals surface area contributed by atoms with Crippen molar-refractivity contribution in [1.82, 2.24) is 0 Å². The van der Waals surface area contributed by atoms with Crippen LogP contribution in [0.1, 0.15) is 6.92 Å². The largest absolute Gasteiger partial charge is 0.390 e. The van der Waals surface area contributed by atoms with Crippen LogP contribution in [0.3, 0.4) is 0 Å². The van der Waals surface area contributed by atoms with Gasteiger partial charge in [0.25, 0.3) is 0 Å². The molecule has 0 aliphatic carbocycles. The smallest absolute Gasteiger partial charge is 0.148 e. The Morgan fingerprint density at radius 3 is 2.55 bits per heavy atom. The topological polar surface area (TPSA) is 116 Å². The van der Waals surface area contributed by atoms with E-state index < -0.39 is 40.6 Å². The molecule has 0 spiro atoms. The molecule has 0 radical (unpaired) electrons. The Morgan fingerprint density at radius 2 is 1.95 bits per heavy atom. The summed E-state index contributed by atoms with van der Waals surface area (Å²) in [5.74, 6) is 0. The van der Waals surface area contributed by atoms with Gasteiger partial charge in [-0.3, -0.25) is 4.21 Å². The average molecular weight is 297 g/mol. The molecule has 0 saturated carbocycles. The minimum absolute atomic E-state index is 0.506. The summed E-state index contributed by atoms with van der Waals surface area (Å²) in [6.45, 7) is 1.56. The SMILES string of the molecule is CC1OC(S(=O)c2ccccc2)C(N=[N+]=[N-])C(O)C1O. The third kappa shape index (κ3) is 2.84. The van der Waals surface area contributed by atoms with Crippen LogP contribution < -0.4 is 0 Å². The van der Waals surface area contributed by atoms with Gasteiger partial charge in [0.2, 0.25) is 0 Å². The highest BCUT2D eigenvalue weighted by Crippen LogP contribution is 2.28. The molecule has 6 atom stereocenters. The van der Waals surface area contributed by atoms with Crippen LogP contribution in [-0.2, 0) is 15.5 Å². The van der Waals surface area contributed by atoms with Crippen molar-refractivity contribution in [1.29, 1.82) is 0 Å². The summed E-state index contributed by atoms with van der Waals surface area (Å²) in [7, 11) is -1.62. The van der Waals surface area contributed by atoms with Gasteiger partial charge in [-0.1, -0.05) is 23.3 Å². The third-order valence-electron chi connectivity index (χ3n) is 3.18. The lowest BCUT2D eigenvalue weighted by molar-refractivity contribution is -0.148. The molecule has 0 bridgehead atoms. The summed E-state index contributed by atoms with van der Waals surface area (Å²) >= 11 is 0. The normalized spacial score (nSPS) is 35.0. The minimum Gasteiger partial charge on any atom is -0.390 e. The molecule has 1 aliphatic heterocycles. The zero-order valence-corrected chi connectivity index (χ0v) is 11.6. The highest BCUT2D eigenvalue weighted by Gasteiger charge is 2.45. The number of aliphatic hydroxyl groups is 2. The van der Waals surface area contributed by atoms with Crippen LogP contribution in [-0.4, -0.2) is 44.2 Å². The van der Waals surface area contributed by atoms with Crippen LogP contribution in [0.4, 0.5) is 0 Å². The van der Waals surface area contributed by atoms with Gasteiger partial charge >= 0.3 is 0 Å². The van der Waals surface area contributed by atoms with Crippen molar-refractivity contribution in [2.75, 3.05) is 0 Å². The molecule has 1 saturated heterocycles. The lowest BCUT2D eigenvalue weighted by Crippen LogP contribution is -2.56. The zero-order valence-electron chi connectivity index (χ0n) is 10.7. The fourth-order valence-electron chi connectivity index (χ4n) is 2.06. The summed E-state index contributed by atoms with van der Waals surface area (Å²) < 4.78 is 18.0. The second-order valence-electron chi connectivity index (χ2n) is 4.50. The highest BCUT2D eigenvalue weighted by atomic mass is 32.2. The van der Waals surface area contributed by atoms with E-state index in [1.165, 1.54) is 0 Å². The van der Waals surface area contributed by atoms with Crippen LogP contribution in [0, 0.1) is 0 Å². The average Bonchev–Trinajstić information content (AvgIpc) is 2.48. The number of nitrogens with zero attached hydrogens (tertiary/aromatic N) is 3. The molecular formula is C12H15N3O4S. The van der Waals surface area contributed by atoms with Crippen molar-refractivity contribution in [3.05, 3.63) is 40.8 Å². The second-order valence-corrected chi connectivity index (χ2v) is 6.03. The Kier molecular flexibility index (Phi) is 4.74. The molecule has 1 aliphatic rings. The van der Waals surface area contributed by atoms with Crippen molar-refractivity contribution in [3.8, 4) is 0 Å². The van der Waals surface area contributed by atoms with E-state index in [2.05, 4.69) is 10.0 Å². The van der Waals surface area contributed by atoms with E-state index in [1.54, 1.807) is 37.3 Å². The van der Waals surface area contributed by atoms with E-state index in [0.29, 0.717) is 4.90 Å². The molecule has 1 heterocycles. The van der Waals surface area contributed by atoms with Crippen molar-refractivity contribution in [3.63, 3.8) is 0 Å². The highest BCUT2D eigenvalue weighted by molar-refractivity contribution is 7.85. The standard InChI is InChI=1S/C12H15N3O4S/c1-7-10(16)11(17)9(14-15-13)12(19-7)20(18)8-5-3-2-4-6-8/h2-7,9-12,16-17H,1H3. The summed E-state index contributed by atoms with van der Waals surface area (Å²) in [5.41, 5.74) is 7.57. The number of ether oxygens (including phenoxy) is 1. The Balaban J connectivity index is 2.32. The second kappa shape index (κ2) is 6.34. The molecule has 2 N–H and O–H groups in total. The third-order valence-corrected chi connectivity index (χ3v) is 4.73. The van der Waals surface area contributed by atoms with Crippen LogP contribution in [0.2, 0.25) is 0 Å². The van der Waals surface area contributed by atoms with Gasteiger partial charge in [0.15, 0.2) is 0 Å². The lowest BCUT2D eigenvalue weighted by Gasteiger charge is -2.39. The quantitative estimate of drug-likeness (QED) is 0.490. The van der Waals surface area contributed by atoms with Gasteiger partial charge in [0.05, 0.1) is 23.0 Å². The van der Waals surface area contributed by atoms with Crippen molar-refractivity contribution in [2.24, 2.45) is 5.11 Å². The summed E-state index contributed by atoms with van der Waals surface area (Å²) in [4.78, 5) is 3.14. The summed E-state index contributed by atoms with van der Waals surface area (Å²) in [6, 6.07) is 7.46. The van der Waals surface area contributed by atoms with Gasteiger partial charge in [-0.05, 0) is 24.6 Å². The van der Waals surface area contributed by atoms with Crippen molar-refractivity contribution >= 4 is 10.8 Å². The molecule has 1 fully saturated rings. The van der Waals surface area contributed by atoms with E-state index >= 15 is 0 Å². The fourth-order valence-corrected chi connectivity index (χ4v) is 3.50. The van der Waals surface area contributed by atoms with E-state index in [9.17, 15) is 14.4 Å². The predicted molar refractivity (Wildman–Crippen MR) is 72.1 cm³/mol. The molecule has 20 heavy (non-hydrogen) atoms. The Bertz CT molecular complexity index is 535. The first kappa shape index (κ1) is 15.0. The Morgan fingerprint density at radius 1 is 1.30 bits per heavy atom. The number of benzene rings is 1. The molecule has 0 amide bonds. The molecule has 0 aromatic heterocycles. The molecular weight excluding hydrogens is 282 g/mol. The molecule has 1 aromatic carbocycles. The Hall–Kier alpha value is -1.44. The van der Waals surface area contributed by atoms with Crippen LogP contribution >= 0.6 is 0 Å². The molecule has 6 unspecified atom stereocenters. The Labute approximate surface area is 118 Å². The molecule has 8 heteroatoms. The first-order valence-corrected chi connectivity index (χ1v) is 7.29. The molecule has 7 nitrogen and oxygen atoms in total. The van der Waals surface area contributed by atoms with E-state index in [0.717, 1.165) is 0 Å². The van der Waals surface area contributed by atoms with Gasteiger partial charge in [-0.15, -0.1) is 0 Å². The maximum absolute atomic E-state index is 12.5. The predicted octanol–water partition coefficient (Wildman–Crippen LogP) is 0.940. The van der Waals surface area contributed by atoms with Crippen LogP contribution in [0.25, 0.3) is 10.4 Å². The van der Waals surface area contributed by atoms with Crippen molar-refractivity contribution < 1.29 is 19.2 Å². The molecule has 2 rings (SSSR count). The summed E-state index contributed by atoms with van der Waals surface area (Å²) in [6.07, 6.45) is -3.20. The summed E-state index contributed by atoms with van der Waals surface area (Å²) in [5, 5.41) is 23.2.